The van der Waals surface area contributed by atoms with E-state index in [-0.39, 0.29) is 11.3 Å². The van der Waals surface area contributed by atoms with Crippen LogP contribution in [0.4, 0.5) is 5.69 Å². The number of nitrogens with zero attached hydrogens (tertiary/aromatic N) is 4. The van der Waals surface area contributed by atoms with Crippen LogP contribution in [-0.2, 0) is 19.1 Å². The van der Waals surface area contributed by atoms with Gasteiger partial charge in [-0.15, -0.1) is 0 Å². The zero-order chi connectivity index (χ0) is 25.9. The van der Waals surface area contributed by atoms with E-state index in [4.69, 9.17) is 14.6 Å². The van der Waals surface area contributed by atoms with Crippen LogP contribution < -0.4 is 4.90 Å². The largest absolute Gasteiger partial charge is 0.465 e. The van der Waals surface area contributed by atoms with Crippen LogP contribution in [0, 0.1) is 6.92 Å². The molecule has 8 nitrogen and oxygen atoms in total. The van der Waals surface area contributed by atoms with E-state index in [0.29, 0.717) is 5.69 Å². The molecule has 0 aliphatic carbocycles. The van der Waals surface area contributed by atoms with Crippen molar-refractivity contribution in [2.24, 2.45) is 0 Å². The summed E-state index contributed by atoms with van der Waals surface area (Å²) >= 11 is 0. The summed E-state index contributed by atoms with van der Waals surface area (Å²) in [6.07, 6.45) is 8.39. The monoisotopic (exact) mass is 492 g/mol. The van der Waals surface area contributed by atoms with Crippen molar-refractivity contribution in [3.63, 3.8) is 0 Å². The Morgan fingerprint density at radius 3 is 2.38 bits per heavy atom. The molecule has 1 aliphatic heterocycles. The van der Waals surface area contributed by atoms with Gasteiger partial charge in [0.05, 0.1) is 31.2 Å². The predicted octanol–water partition coefficient (Wildman–Crippen LogP) is 4.86. The fourth-order valence-corrected chi connectivity index (χ4v) is 4.39. The molecule has 5 rings (SSSR count). The average Bonchev–Trinajstić information content (AvgIpc) is 3.12. The summed E-state index contributed by atoms with van der Waals surface area (Å²) in [5.74, 6) is -1.30. The van der Waals surface area contributed by atoms with Gasteiger partial charge in [-0.3, -0.25) is 0 Å². The fraction of sp³-hybridized carbons (Fsp3) is 0.103. The fourth-order valence-electron chi connectivity index (χ4n) is 4.39. The van der Waals surface area contributed by atoms with Crippen molar-refractivity contribution in [1.82, 2.24) is 14.6 Å². The predicted molar refractivity (Wildman–Crippen MR) is 140 cm³/mol. The summed E-state index contributed by atoms with van der Waals surface area (Å²) in [4.78, 5) is 31.6. The van der Waals surface area contributed by atoms with Crippen LogP contribution in [0.2, 0.25) is 0 Å². The summed E-state index contributed by atoms with van der Waals surface area (Å²) in [5.41, 5.74) is 6.08. The maximum absolute atomic E-state index is 12.8. The number of fused-ring (bicyclic) bond motifs is 1. The van der Waals surface area contributed by atoms with Crippen LogP contribution in [0.25, 0.3) is 28.0 Å². The van der Waals surface area contributed by atoms with Crippen LogP contribution in [0.5, 0.6) is 0 Å². The molecule has 0 spiro atoms. The Morgan fingerprint density at radius 1 is 0.865 bits per heavy atom. The Balaban J connectivity index is 1.65. The highest BCUT2D eigenvalue weighted by Crippen LogP contribution is 2.33. The summed E-state index contributed by atoms with van der Waals surface area (Å²) < 4.78 is 11.8. The number of aryl methyl sites for hydroxylation is 1. The lowest BCUT2D eigenvalue weighted by Gasteiger charge is -2.23. The van der Waals surface area contributed by atoms with E-state index in [9.17, 15) is 9.59 Å². The number of anilines is 1. The second kappa shape index (κ2) is 9.94. The zero-order valence-electron chi connectivity index (χ0n) is 20.6. The molecule has 0 atom stereocenters. The quantitative estimate of drug-likeness (QED) is 0.368. The van der Waals surface area contributed by atoms with E-state index in [2.05, 4.69) is 4.98 Å². The number of methoxy groups -OCH3 is 2. The van der Waals surface area contributed by atoms with E-state index in [1.165, 1.54) is 20.3 Å². The maximum Gasteiger partial charge on any atom is 0.355 e. The Bertz CT molecular complexity index is 1600. The lowest BCUT2D eigenvalue weighted by atomic mass is 10.1. The lowest BCUT2D eigenvalue weighted by Crippen LogP contribution is -2.27. The van der Waals surface area contributed by atoms with E-state index in [0.717, 1.165) is 33.7 Å². The minimum Gasteiger partial charge on any atom is -0.465 e. The van der Waals surface area contributed by atoms with Crippen LogP contribution >= 0.6 is 0 Å². The van der Waals surface area contributed by atoms with Crippen molar-refractivity contribution in [2.45, 2.75) is 6.92 Å². The van der Waals surface area contributed by atoms with Crippen molar-refractivity contribution in [1.29, 1.82) is 0 Å². The lowest BCUT2D eigenvalue weighted by molar-refractivity contribution is -0.139. The molecule has 1 aliphatic rings. The molecule has 184 valence electrons. The van der Waals surface area contributed by atoms with Crippen molar-refractivity contribution in [3.8, 4) is 22.4 Å². The molecule has 0 N–H and O–H groups in total. The highest BCUT2D eigenvalue weighted by Gasteiger charge is 2.27. The Morgan fingerprint density at radius 2 is 1.62 bits per heavy atom. The van der Waals surface area contributed by atoms with Gasteiger partial charge in [0.15, 0.2) is 5.65 Å². The number of aromatic nitrogens is 3. The molecule has 0 saturated carbocycles. The highest BCUT2D eigenvalue weighted by molar-refractivity contribution is 6.05. The first kappa shape index (κ1) is 23.7. The molecule has 4 aromatic rings. The Hall–Kier alpha value is -4.98. The SMILES string of the molecule is COC(=O)C1=C(C(=O)OC)N(c2cccc(-c3ccnc4c(-c5ccccc5)c(C)nn34)c2)C=CC=C1. The van der Waals surface area contributed by atoms with Crippen molar-refractivity contribution < 1.29 is 19.1 Å². The number of allylic oxidation sites excluding steroid dienone is 2. The molecular formula is C29H24N4O4. The smallest absolute Gasteiger partial charge is 0.355 e. The molecule has 0 bridgehead atoms. The number of rotatable bonds is 5. The molecule has 0 fully saturated rings. The van der Waals surface area contributed by atoms with Gasteiger partial charge in [-0.05, 0) is 42.8 Å². The number of carbonyl (C=O) groups excluding carboxylic acids is 2. The first-order valence-electron chi connectivity index (χ1n) is 11.6. The summed E-state index contributed by atoms with van der Waals surface area (Å²) in [5, 5.41) is 4.80. The summed E-state index contributed by atoms with van der Waals surface area (Å²) in [7, 11) is 2.54. The first-order chi connectivity index (χ1) is 18.0. The average molecular weight is 493 g/mol. The third-order valence-electron chi connectivity index (χ3n) is 6.07. The number of hydrogen-bond acceptors (Lipinski definition) is 7. The molecule has 2 aromatic heterocycles. The summed E-state index contributed by atoms with van der Waals surface area (Å²) in [6.45, 7) is 1.97. The number of ether oxygens (including phenoxy) is 2. The molecular weight excluding hydrogens is 468 g/mol. The van der Waals surface area contributed by atoms with Gasteiger partial charge in [-0.2, -0.15) is 5.10 Å². The van der Waals surface area contributed by atoms with Crippen molar-refractivity contribution >= 4 is 23.3 Å². The zero-order valence-corrected chi connectivity index (χ0v) is 20.6. The van der Waals surface area contributed by atoms with E-state index in [1.54, 1.807) is 29.4 Å². The number of benzene rings is 2. The number of carbonyl (C=O) groups is 2. The molecule has 0 amide bonds. The third kappa shape index (κ3) is 4.29. The second-order valence-electron chi connectivity index (χ2n) is 8.26. The Labute approximate surface area is 213 Å². The highest BCUT2D eigenvalue weighted by atomic mass is 16.5. The van der Waals surface area contributed by atoms with Gasteiger partial charge in [-0.1, -0.05) is 48.5 Å². The Kier molecular flexibility index (Phi) is 6.38. The molecule has 0 saturated heterocycles. The van der Waals surface area contributed by atoms with Gasteiger partial charge in [0, 0.05) is 29.2 Å². The van der Waals surface area contributed by atoms with Crippen LogP contribution in [-0.4, -0.2) is 40.8 Å². The normalized spacial score (nSPS) is 13.1. The van der Waals surface area contributed by atoms with Gasteiger partial charge >= 0.3 is 11.9 Å². The van der Waals surface area contributed by atoms with Crippen molar-refractivity contribution in [3.05, 3.63) is 108 Å². The topological polar surface area (TPSA) is 86.0 Å². The number of esters is 2. The van der Waals surface area contributed by atoms with Crippen molar-refractivity contribution in [2.75, 3.05) is 19.1 Å². The first-order valence-corrected chi connectivity index (χ1v) is 11.6. The molecule has 8 heteroatoms. The van der Waals surface area contributed by atoms with Gasteiger partial charge in [0.1, 0.15) is 5.70 Å². The minimum atomic E-state index is -0.663. The van der Waals surface area contributed by atoms with Gasteiger partial charge in [0.25, 0.3) is 0 Å². The second-order valence-corrected chi connectivity index (χ2v) is 8.26. The summed E-state index contributed by atoms with van der Waals surface area (Å²) in [6, 6.07) is 19.5. The van der Waals surface area contributed by atoms with E-state index in [1.807, 2.05) is 72.1 Å². The molecule has 37 heavy (non-hydrogen) atoms. The van der Waals surface area contributed by atoms with E-state index < -0.39 is 11.9 Å². The van der Waals surface area contributed by atoms with Gasteiger partial charge in [-0.25, -0.2) is 19.1 Å². The van der Waals surface area contributed by atoms with Crippen LogP contribution in [0.1, 0.15) is 5.69 Å². The maximum atomic E-state index is 12.8. The van der Waals surface area contributed by atoms with Crippen LogP contribution in [0.3, 0.4) is 0 Å². The molecule has 0 radical (unpaired) electrons. The van der Waals surface area contributed by atoms with Crippen LogP contribution in [0.15, 0.2) is 103 Å². The molecule has 3 heterocycles. The third-order valence-corrected chi connectivity index (χ3v) is 6.07. The van der Waals surface area contributed by atoms with Gasteiger partial charge < -0.3 is 14.4 Å². The molecule has 2 aromatic carbocycles. The standard InChI is InChI=1S/C29H24N4O4/c1-19-25(20-10-5-4-6-11-20)27-30-16-15-24(33(27)31-19)21-12-9-13-22(18-21)32-17-8-7-14-23(28(34)36-2)26(32)29(35)37-3/h4-18H,1-3H3. The van der Waals surface area contributed by atoms with E-state index >= 15 is 0 Å². The number of hydrogen-bond donors (Lipinski definition) is 0. The molecule has 0 unspecified atom stereocenters. The van der Waals surface area contributed by atoms with Gasteiger partial charge in [0.2, 0.25) is 0 Å². The minimum absolute atomic E-state index is 0.0534.